The van der Waals surface area contributed by atoms with Gasteiger partial charge >= 0.3 is 11.9 Å². The minimum absolute atomic E-state index is 0.0762. The second-order valence-corrected chi connectivity index (χ2v) is 7.45. The third-order valence-corrected chi connectivity index (χ3v) is 4.62. The molecule has 11 heteroatoms. The highest BCUT2D eigenvalue weighted by molar-refractivity contribution is 6.35. The molecule has 0 bridgehead atoms. The largest absolute Gasteiger partial charge is 0.491 e. The van der Waals surface area contributed by atoms with E-state index >= 15 is 0 Å². The lowest BCUT2D eigenvalue weighted by Gasteiger charge is -2.24. The number of aliphatic carboxylic acids is 1. The van der Waals surface area contributed by atoms with Crippen molar-refractivity contribution >= 4 is 35.1 Å². The molecule has 0 saturated heterocycles. The SMILES string of the molecule is O=C(NN(Cc1ccc(-c2cc(Cl)cc(Cl)c2)cc1)C[C@@H](O)C(=O)O)c1cc(O)no1. The second kappa shape index (κ2) is 9.80. The Balaban J connectivity index is 1.76. The third kappa shape index (κ3) is 6.19. The summed E-state index contributed by atoms with van der Waals surface area (Å²) in [7, 11) is 0. The van der Waals surface area contributed by atoms with E-state index in [1.54, 1.807) is 30.3 Å². The van der Waals surface area contributed by atoms with Crippen molar-refractivity contribution in [3.63, 3.8) is 0 Å². The Bertz CT molecular complexity index is 1070. The number of aromatic nitrogens is 1. The van der Waals surface area contributed by atoms with Gasteiger partial charge in [0.15, 0.2) is 6.10 Å². The Morgan fingerprint density at radius 3 is 2.26 bits per heavy atom. The molecule has 0 unspecified atom stereocenters. The van der Waals surface area contributed by atoms with Crippen LogP contribution in [0.1, 0.15) is 16.1 Å². The molecule has 0 fully saturated rings. The van der Waals surface area contributed by atoms with Gasteiger partial charge in [0.25, 0.3) is 5.88 Å². The number of carboxylic acids is 1. The Morgan fingerprint density at radius 2 is 1.71 bits per heavy atom. The summed E-state index contributed by atoms with van der Waals surface area (Å²) in [6, 6.07) is 13.4. The van der Waals surface area contributed by atoms with Crippen LogP contribution < -0.4 is 5.43 Å². The van der Waals surface area contributed by atoms with Crippen LogP contribution in [0.25, 0.3) is 11.1 Å². The van der Waals surface area contributed by atoms with Crippen LogP contribution in [0.15, 0.2) is 53.1 Å². The number of carboxylic acid groups (broad SMARTS) is 1. The van der Waals surface area contributed by atoms with Gasteiger partial charge in [-0.15, -0.1) is 0 Å². The molecule has 31 heavy (non-hydrogen) atoms. The topological polar surface area (TPSA) is 136 Å². The predicted molar refractivity (Wildman–Crippen MR) is 112 cm³/mol. The summed E-state index contributed by atoms with van der Waals surface area (Å²) in [5.41, 5.74) is 4.82. The number of aliphatic hydroxyl groups excluding tert-OH is 1. The molecule has 4 N–H and O–H groups in total. The van der Waals surface area contributed by atoms with Crippen LogP contribution in [0, 0.1) is 0 Å². The summed E-state index contributed by atoms with van der Waals surface area (Å²) in [5.74, 6) is -2.96. The minimum atomic E-state index is -1.74. The van der Waals surface area contributed by atoms with Crippen LogP contribution in [0.2, 0.25) is 10.0 Å². The van der Waals surface area contributed by atoms with Gasteiger partial charge in [-0.2, -0.15) is 0 Å². The lowest BCUT2D eigenvalue weighted by molar-refractivity contribution is -0.148. The van der Waals surface area contributed by atoms with Crippen molar-refractivity contribution in [2.75, 3.05) is 6.54 Å². The molecule has 1 aromatic heterocycles. The Morgan fingerprint density at radius 1 is 1.06 bits per heavy atom. The highest BCUT2D eigenvalue weighted by atomic mass is 35.5. The molecule has 162 valence electrons. The standard InChI is InChI=1S/C20H17Cl2N3O6/c21-14-5-13(6-15(22)7-14)12-3-1-11(2-4-12)9-25(10-16(26)20(29)30)23-19(28)17-8-18(27)24-31-17/h1-8,16,26H,9-10H2,(H,23,28)(H,24,27)(H,29,30)/t16-/m1/s1. The van der Waals surface area contributed by atoms with Crippen molar-refractivity contribution < 1.29 is 29.4 Å². The molecule has 0 saturated carbocycles. The van der Waals surface area contributed by atoms with Gasteiger partial charge in [0, 0.05) is 16.6 Å². The van der Waals surface area contributed by atoms with Crippen LogP contribution in [-0.2, 0) is 11.3 Å². The summed E-state index contributed by atoms with van der Waals surface area (Å²) in [6.45, 7) is -0.320. The van der Waals surface area contributed by atoms with Gasteiger partial charge in [0.2, 0.25) is 5.76 Å². The molecule has 1 atom stereocenters. The molecule has 9 nitrogen and oxygen atoms in total. The van der Waals surface area contributed by atoms with E-state index in [0.717, 1.165) is 22.8 Å². The molecule has 3 aromatic rings. The zero-order chi connectivity index (χ0) is 22.5. The molecule has 0 spiro atoms. The summed E-state index contributed by atoms with van der Waals surface area (Å²) in [4.78, 5) is 23.3. The van der Waals surface area contributed by atoms with Crippen molar-refractivity contribution in [3.05, 3.63) is 69.9 Å². The summed E-state index contributed by atoms with van der Waals surface area (Å²) in [5, 5.41) is 33.3. The number of rotatable bonds is 8. The number of halogens is 2. The monoisotopic (exact) mass is 465 g/mol. The minimum Gasteiger partial charge on any atom is -0.491 e. The van der Waals surface area contributed by atoms with Crippen molar-refractivity contribution in [2.24, 2.45) is 0 Å². The first-order chi connectivity index (χ1) is 14.7. The lowest BCUT2D eigenvalue weighted by atomic mass is 10.0. The molecule has 0 aliphatic heterocycles. The summed E-state index contributed by atoms with van der Waals surface area (Å²) in [6.07, 6.45) is -1.74. The number of nitrogens with one attached hydrogen (secondary N) is 1. The van der Waals surface area contributed by atoms with Crippen LogP contribution >= 0.6 is 23.2 Å². The number of nitrogens with zero attached hydrogens (tertiary/aromatic N) is 2. The van der Waals surface area contributed by atoms with E-state index in [1.165, 1.54) is 5.01 Å². The van der Waals surface area contributed by atoms with Crippen molar-refractivity contribution in [2.45, 2.75) is 12.6 Å². The number of carbonyl (C=O) groups is 2. The fourth-order valence-corrected chi connectivity index (χ4v) is 3.28. The number of hydrogen-bond acceptors (Lipinski definition) is 7. The van der Waals surface area contributed by atoms with E-state index in [9.17, 15) is 19.8 Å². The lowest BCUT2D eigenvalue weighted by Crippen LogP contribution is -2.47. The van der Waals surface area contributed by atoms with Gasteiger partial charge in [0.1, 0.15) is 0 Å². The van der Waals surface area contributed by atoms with E-state index < -0.39 is 30.4 Å². The van der Waals surface area contributed by atoms with E-state index in [-0.39, 0.29) is 12.3 Å². The van der Waals surface area contributed by atoms with E-state index in [0.29, 0.717) is 10.0 Å². The van der Waals surface area contributed by atoms with Crippen molar-refractivity contribution in [3.8, 4) is 17.0 Å². The highest BCUT2D eigenvalue weighted by Crippen LogP contribution is 2.27. The number of aliphatic hydroxyl groups is 1. The molecule has 0 radical (unpaired) electrons. The molecule has 0 aliphatic rings. The molecular formula is C20H17Cl2N3O6. The third-order valence-electron chi connectivity index (χ3n) is 4.18. The molecule has 1 amide bonds. The van der Waals surface area contributed by atoms with Gasteiger partial charge in [-0.05, 0) is 40.0 Å². The van der Waals surface area contributed by atoms with Gasteiger partial charge in [-0.1, -0.05) is 47.5 Å². The van der Waals surface area contributed by atoms with Crippen molar-refractivity contribution in [1.29, 1.82) is 0 Å². The average molecular weight is 466 g/mol. The van der Waals surface area contributed by atoms with Crippen LogP contribution in [0.5, 0.6) is 5.88 Å². The molecule has 3 rings (SSSR count). The van der Waals surface area contributed by atoms with Gasteiger partial charge in [-0.3, -0.25) is 10.2 Å². The Kier molecular flexibility index (Phi) is 7.13. The van der Waals surface area contributed by atoms with E-state index in [2.05, 4.69) is 15.1 Å². The van der Waals surface area contributed by atoms with Crippen LogP contribution in [0.3, 0.4) is 0 Å². The Hall–Kier alpha value is -3.11. The van der Waals surface area contributed by atoms with Gasteiger partial charge in [0.05, 0.1) is 12.6 Å². The maximum absolute atomic E-state index is 12.3. The maximum atomic E-state index is 12.3. The molecule has 1 heterocycles. The van der Waals surface area contributed by atoms with Crippen LogP contribution in [-0.4, -0.2) is 50.0 Å². The number of benzene rings is 2. The maximum Gasteiger partial charge on any atom is 0.333 e. The first-order valence-corrected chi connectivity index (χ1v) is 9.65. The zero-order valence-electron chi connectivity index (χ0n) is 15.8. The smallest absolute Gasteiger partial charge is 0.333 e. The molecular weight excluding hydrogens is 449 g/mol. The average Bonchev–Trinajstić information content (AvgIpc) is 3.14. The zero-order valence-corrected chi connectivity index (χ0v) is 17.3. The highest BCUT2D eigenvalue weighted by Gasteiger charge is 2.22. The fourth-order valence-electron chi connectivity index (χ4n) is 2.75. The molecule has 2 aromatic carbocycles. The van der Waals surface area contributed by atoms with Gasteiger partial charge < -0.3 is 19.8 Å². The summed E-state index contributed by atoms with van der Waals surface area (Å²) >= 11 is 12.1. The first kappa shape index (κ1) is 22.6. The number of hydrogen-bond donors (Lipinski definition) is 4. The van der Waals surface area contributed by atoms with Crippen LogP contribution in [0.4, 0.5) is 0 Å². The predicted octanol–water partition coefficient (Wildman–Crippen LogP) is 2.95. The summed E-state index contributed by atoms with van der Waals surface area (Å²) < 4.78 is 4.67. The number of hydrazine groups is 1. The van der Waals surface area contributed by atoms with Gasteiger partial charge in [-0.25, -0.2) is 9.80 Å². The first-order valence-electron chi connectivity index (χ1n) is 8.89. The Labute approximate surface area is 186 Å². The fraction of sp³-hybridized carbons (Fsp3) is 0.150. The van der Waals surface area contributed by atoms with Crippen molar-refractivity contribution in [1.82, 2.24) is 15.6 Å². The number of carbonyl (C=O) groups excluding carboxylic acids is 1. The van der Waals surface area contributed by atoms with E-state index in [1.807, 2.05) is 12.1 Å². The normalized spacial score (nSPS) is 12.0. The van der Waals surface area contributed by atoms with E-state index in [4.69, 9.17) is 28.3 Å². The number of amides is 1. The number of aromatic hydroxyl groups is 1. The molecule has 0 aliphatic carbocycles. The quantitative estimate of drug-likeness (QED) is 0.372. The second-order valence-electron chi connectivity index (χ2n) is 6.58.